The van der Waals surface area contributed by atoms with E-state index in [9.17, 15) is 4.79 Å². The Balaban J connectivity index is 0.000000557. The summed E-state index contributed by atoms with van der Waals surface area (Å²) in [5.74, 6) is 0. The van der Waals surface area contributed by atoms with Crippen LogP contribution in [-0.4, -0.2) is 62.9 Å². The molecule has 5 heteroatoms. The van der Waals surface area contributed by atoms with E-state index in [1.165, 1.54) is 6.20 Å². The van der Waals surface area contributed by atoms with Crippen molar-refractivity contribution in [3.05, 3.63) is 12.4 Å². The van der Waals surface area contributed by atoms with Crippen molar-refractivity contribution in [3.8, 4) is 0 Å². The van der Waals surface area contributed by atoms with Crippen LogP contribution in [0.1, 0.15) is 12.8 Å². The molecule has 17 heavy (non-hydrogen) atoms. The molecule has 100 valence electrons. The number of likely N-dealkylation sites (tertiary alicyclic amines) is 1. The molecule has 0 unspecified atom stereocenters. The number of nitrogens with zero attached hydrogens (tertiary/aromatic N) is 2. The molecule has 5 nitrogen and oxygen atoms in total. The number of rotatable bonds is 4. The van der Waals surface area contributed by atoms with E-state index in [1.807, 2.05) is 26.0 Å². The van der Waals surface area contributed by atoms with Gasteiger partial charge in [0.05, 0.1) is 6.54 Å². The second kappa shape index (κ2) is 10.1. The van der Waals surface area contributed by atoms with Crippen LogP contribution in [0, 0.1) is 0 Å². The van der Waals surface area contributed by atoms with Crippen LogP contribution in [0.2, 0.25) is 0 Å². The normalized spacial score (nSPS) is 17.9. The molecule has 3 N–H and O–H groups in total. The summed E-state index contributed by atoms with van der Waals surface area (Å²) in [5.41, 5.74) is 5.22. The van der Waals surface area contributed by atoms with Gasteiger partial charge < -0.3 is 20.7 Å². The van der Waals surface area contributed by atoms with Crippen LogP contribution in [-0.2, 0) is 4.79 Å². The van der Waals surface area contributed by atoms with Gasteiger partial charge >= 0.3 is 0 Å². The van der Waals surface area contributed by atoms with E-state index in [0.717, 1.165) is 32.2 Å². The fourth-order valence-corrected chi connectivity index (χ4v) is 1.58. The molecular formula is C12H26N4O. The van der Waals surface area contributed by atoms with Gasteiger partial charge in [-0.1, -0.05) is 0 Å². The first-order valence-electron chi connectivity index (χ1n) is 5.99. The van der Waals surface area contributed by atoms with E-state index in [2.05, 4.69) is 10.2 Å². The molecule has 0 aromatic carbocycles. The molecule has 0 radical (unpaired) electrons. The van der Waals surface area contributed by atoms with Crippen LogP contribution in [0.15, 0.2) is 12.4 Å². The maximum atomic E-state index is 10.2. The topological polar surface area (TPSA) is 61.6 Å². The number of carbonyl (C=O) groups is 1. The lowest BCUT2D eigenvalue weighted by atomic mass is 10.1. The third kappa shape index (κ3) is 9.84. The van der Waals surface area contributed by atoms with E-state index in [4.69, 9.17) is 5.73 Å². The Bertz CT molecular complexity index is 208. The number of carbonyl (C=O) groups excluding carboxylic acids is 1. The van der Waals surface area contributed by atoms with E-state index in [-0.39, 0.29) is 0 Å². The molecule has 0 aromatic rings. The Morgan fingerprint density at radius 1 is 1.35 bits per heavy atom. The molecule has 1 aliphatic heterocycles. The maximum Gasteiger partial charge on any atom is 0.133 e. The second-order valence-electron chi connectivity index (χ2n) is 4.61. The summed E-state index contributed by atoms with van der Waals surface area (Å²) < 4.78 is 0. The van der Waals surface area contributed by atoms with Crippen molar-refractivity contribution in [2.45, 2.75) is 18.9 Å². The molecule has 0 aromatic heterocycles. The zero-order chi connectivity index (χ0) is 13.1. The van der Waals surface area contributed by atoms with Crippen LogP contribution in [0.5, 0.6) is 0 Å². The summed E-state index contributed by atoms with van der Waals surface area (Å²) in [4.78, 5) is 14.4. The van der Waals surface area contributed by atoms with Crippen molar-refractivity contribution >= 4 is 6.29 Å². The molecule has 0 bridgehead atoms. The van der Waals surface area contributed by atoms with Crippen LogP contribution >= 0.6 is 0 Å². The molecule has 0 amide bonds. The number of hydrogen-bond donors (Lipinski definition) is 2. The molecule has 1 fully saturated rings. The molecule has 1 aliphatic rings. The number of nitrogens with two attached hydrogens (primary N) is 1. The Morgan fingerprint density at radius 3 is 2.29 bits per heavy atom. The quantitative estimate of drug-likeness (QED) is 0.671. The van der Waals surface area contributed by atoms with Gasteiger partial charge in [0.1, 0.15) is 6.29 Å². The van der Waals surface area contributed by atoms with Crippen molar-refractivity contribution < 1.29 is 4.79 Å². The molecule has 1 heterocycles. The molecular weight excluding hydrogens is 216 g/mol. The lowest BCUT2D eigenvalue weighted by Gasteiger charge is -2.30. The SMILES string of the molecule is CN(C)C.N/C=C/NC1CCN(CC=O)CC1. The summed E-state index contributed by atoms with van der Waals surface area (Å²) in [6, 6.07) is 0.516. The van der Waals surface area contributed by atoms with Gasteiger partial charge in [-0.05, 0) is 34.0 Å². The largest absolute Gasteiger partial charge is 0.403 e. The Morgan fingerprint density at radius 2 is 1.88 bits per heavy atom. The average Bonchev–Trinajstić information content (AvgIpc) is 2.28. The second-order valence-corrected chi connectivity index (χ2v) is 4.61. The van der Waals surface area contributed by atoms with Crippen LogP contribution < -0.4 is 11.1 Å². The monoisotopic (exact) mass is 242 g/mol. The van der Waals surface area contributed by atoms with E-state index in [1.54, 1.807) is 6.20 Å². The highest BCUT2D eigenvalue weighted by molar-refractivity contribution is 5.51. The number of nitrogens with one attached hydrogen (secondary N) is 1. The van der Waals surface area contributed by atoms with Crippen molar-refractivity contribution in [2.75, 3.05) is 40.8 Å². The summed E-state index contributed by atoms with van der Waals surface area (Å²) in [7, 11) is 6.00. The summed E-state index contributed by atoms with van der Waals surface area (Å²) in [5, 5.41) is 3.21. The van der Waals surface area contributed by atoms with Gasteiger partial charge in [-0.25, -0.2) is 0 Å². The molecule has 0 aliphatic carbocycles. The van der Waals surface area contributed by atoms with Crippen molar-refractivity contribution in [3.63, 3.8) is 0 Å². The van der Waals surface area contributed by atoms with Gasteiger partial charge in [-0.2, -0.15) is 0 Å². The lowest BCUT2D eigenvalue weighted by molar-refractivity contribution is -0.109. The number of hydrogen-bond acceptors (Lipinski definition) is 5. The van der Waals surface area contributed by atoms with Gasteiger partial charge in [0.25, 0.3) is 0 Å². The van der Waals surface area contributed by atoms with Crippen LogP contribution in [0.4, 0.5) is 0 Å². The van der Waals surface area contributed by atoms with Gasteiger partial charge in [0.15, 0.2) is 0 Å². The Labute approximate surface area is 105 Å². The summed E-state index contributed by atoms with van der Waals surface area (Å²) in [6.07, 6.45) is 6.42. The molecule has 0 saturated carbocycles. The maximum absolute atomic E-state index is 10.2. The van der Waals surface area contributed by atoms with Crippen LogP contribution in [0.25, 0.3) is 0 Å². The fraction of sp³-hybridized carbons (Fsp3) is 0.750. The smallest absolute Gasteiger partial charge is 0.133 e. The minimum Gasteiger partial charge on any atom is -0.403 e. The Kier molecular flexibility index (Phi) is 9.47. The average molecular weight is 242 g/mol. The van der Waals surface area contributed by atoms with Crippen molar-refractivity contribution in [1.29, 1.82) is 0 Å². The highest BCUT2D eigenvalue weighted by atomic mass is 16.1. The first-order valence-corrected chi connectivity index (χ1v) is 5.99. The Hall–Kier alpha value is -1.07. The first-order chi connectivity index (χ1) is 8.10. The fourth-order valence-electron chi connectivity index (χ4n) is 1.58. The van der Waals surface area contributed by atoms with Gasteiger partial charge in [0, 0.05) is 31.5 Å². The predicted octanol–water partition coefficient (Wildman–Crippen LogP) is -0.153. The third-order valence-electron chi connectivity index (χ3n) is 2.35. The third-order valence-corrected chi connectivity index (χ3v) is 2.35. The minimum atomic E-state index is 0.516. The summed E-state index contributed by atoms with van der Waals surface area (Å²) >= 11 is 0. The van der Waals surface area contributed by atoms with Crippen LogP contribution in [0.3, 0.4) is 0 Å². The zero-order valence-corrected chi connectivity index (χ0v) is 11.2. The van der Waals surface area contributed by atoms with E-state index >= 15 is 0 Å². The molecule has 1 rings (SSSR count). The highest BCUT2D eigenvalue weighted by Gasteiger charge is 2.16. The minimum absolute atomic E-state index is 0.516. The standard InChI is InChI=1S/C9H17N3O.C3H9N/c10-3-4-11-9-1-5-12(6-2-9)7-8-13;1-4(2)3/h3-4,8-9,11H,1-2,5-7,10H2;1-3H3/b4-3+;. The van der Waals surface area contributed by atoms with Gasteiger partial charge in [0.2, 0.25) is 0 Å². The van der Waals surface area contributed by atoms with Gasteiger partial charge in [-0.3, -0.25) is 4.90 Å². The van der Waals surface area contributed by atoms with Gasteiger partial charge in [-0.15, -0.1) is 0 Å². The lowest BCUT2D eigenvalue weighted by Crippen LogP contribution is -2.41. The summed E-state index contributed by atoms with van der Waals surface area (Å²) in [6.45, 7) is 2.56. The zero-order valence-electron chi connectivity index (χ0n) is 11.2. The van der Waals surface area contributed by atoms with E-state index in [0.29, 0.717) is 12.6 Å². The molecule has 1 saturated heterocycles. The highest BCUT2D eigenvalue weighted by Crippen LogP contribution is 2.08. The number of aldehydes is 1. The van der Waals surface area contributed by atoms with E-state index < -0.39 is 0 Å². The van der Waals surface area contributed by atoms with Crippen molar-refractivity contribution in [1.82, 2.24) is 15.1 Å². The predicted molar refractivity (Wildman–Crippen MR) is 71.6 cm³/mol. The van der Waals surface area contributed by atoms with Crippen molar-refractivity contribution in [2.24, 2.45) is 5.73 Å². The molecule has 0 atom stereocenters. The molecule has 0 spiro atoms. The first kappa shape index (κ1) is 15.9. The number of piperidine rings is 1.